The summed E-state index contributed by atoms with van der Waals surface area (Å²) in [5, 5.41) is 10.1. The van der Waals surface area contributed by atoms with Gasteiger partial charge in [0.15, 0.2) is 0 Å². The third-order valence-electron chi connectivity index (χ3n) is 4.17. The summed E-state index contributed by atoms with van der Waals surface area (Å²) in [4.78, 5) is 0. The number of nitrogens with zero attached hydrogens (tertiary/aromatic N) is 1. The highest BCUT2D eigenvalue weighted by Gasteiger charge is 2.22. The Labute approximate surface area is 114 Å². The van der Waals surface area contributed by atoms with Gasteiger partial charge in [0.1, 0.15) is 0 Å². The van der Waals surface area contributed by atoms with E-state index < -0.39 is 0 Å². The maximum atomic E-state index is 10.1. The Morgan fingerprint density at radius 2 is 2.05 bits per heavy atom. The number of aryl methyl sites for hydroxylation is 2. The van der Waals surface area contributed by atoms with Crippen LogP contribution in [0, 0.1) is 6.92 Å². The van der Waals surface area contributed by atoms with Gasteiger partial charge in [0, 0.05) is 23.5 Å². The van der Waals surface area contributed by atoms with E-state index in [1.807, 2.05) is 0 Å². The Morgan fingerprint density at radius 1 is 1.26 bits per heavy atom. The number of hydrogen-bond acceptors (Lipinski definition) is 1. The lowest BCUT2D eigenvalue weighted by Crippen LogP contribution is -2.13. The van der Waals surface area contributed by atoms with Gasteiger partial charge in [-0.3, -0.25) is 0 Å². The van der Waals surface area contributed by atoms with E-state index in [1.54, 1.807) is 0 Å². The maximum absolute atomic E-state index is 10.1. The average Bonchev–Trinajstić information content (AvgIpc) is 2.75. The van der Waals surface area contributed by atoms with Crippen molar-refractivity contribution in [1.29, 1.82) is 0 Å². The molecule has 1 aliphatic rings. The molecule has 0 radical (unpaired) electrons. The predicted molar refractivity (Wildman–Crippen MR) is 77.2 cm³/mol. The first-order chi connectivity index (χ1) is 9.25. The van der Waals surface area contributed by atoms with E-state index in [4.69, 9.17) is 0 Å². The standard InChI is InChI=1S/C17H21NO/c1-13-12-15-16(8-5-9-17(15)19)18(13)11-10-14-6-3-2-4-7-14/h2-4,6-7,12,17,19H,5,8-11H2,1H3. The molecule has 2 heteroatoms. The Kier molecular flexibility index (Phi) is 3.43. The summed E-state index contributed by atoms with van der Waals surface area (Å²) in [5.74, 6) is 0. The minimum atomic E-state index is -0.250. The van der Waals surface area contributed by atoms with Crippen LogP contribution in [0.15, 0.2) is 36.4 Å². The number of aliphatic hydroxyl groups excluding tert-OH is 1. The summed E-state index contributed by atoms with van der Waals surface area (Å²) in [6, 6.07) is 12.8. The Bertz CT molecular complexity index is 556. The summed E-state index contributed by atoms with van der Waals surface area (Å²) < 4.78 is 2.39. The molecule has 2 nitrogen and oxygen atoms in total. The van der Waals surface area contributed by atoms with Crippen molar-refractivity contribution >= 4 is 0 Å². The summed E-state index contributed by atoms with van der Waals surface area (Å²) in [6.45, 7) is 3.16. The fourth-order valence-electron chi connectivity index (χ4n) is 3.14. The topological polar surface area (TPSA) is 25.2 Å². The normalized spacial score (nSPS) is 18.3. The van der Waals surface area contributed by atoms with Gasteiger partial charge >= 0.3 is 0 Å². The lowest BCUT2D eigenvalue weighted by Gasteiger charge is -2.20. The molecule has 3 rings (SSSR count). The van der Waals surface area contributed by atoms with Crippen LogP contribution in [0.5, 0.6) is 0 Å². The number of fused-ring (bicyclic) bond motifs is 1. The maximum Gasteiger partial charge on any atom is 0.0807 e. The lowest BCUT2D eigenvalue weighted by atomic mass is 9.95. The van der Waals surface area contributed by atoms with Crippen molar-refractivity contribution in [3.05, 3.63) is 58.9 Å². The first-order valence-corrected chi connectivity index (χ1v) is 7.16. The van der Waals surface area contributed by atoms with Crippen LogP contribution >= 0.6 is 0 Å². The van der Waals surface area contributed by atoms with Crippen molar-refractivity contribution in [1.82, 2.24) is 4.57 Å². The molecule has 1 N–H and O–H groups in total. The molecule has 0 bridgehead atoms. The number of benzene rings is 1. The third kappa shape index (κ3) is 2.45. The molecule has 1 aliphatic carbocycles. The van der Waals surface area contributed by atoms with E-state index >= 15 is 0 Å². The van der Waals surface area contributed by atoms with E-state index in [0.29, 0.717) is 0 Å². The SMILES string of the molecule is Cc1cc2c(n1CCc1ccccc1)CCCC2O. The zero-order valence-corrected chi connectivity index (χ0v) is 11.5. The lowest BCUT2D eigenvalue weighted by molar-refractivity contribution is 0.155. The number of rotatable bonds is 3. The zero-order chi connectivity index (χ0) is 13.2. The van der Waals surface area contributed by atoms with Gasteiger partial charge in [0.25, 0.3) is 0 Å². The summed E-state index contributed by atoms with van der Waals surface area (Å²) in [5.41, 5.74) is 5.17. The van der Waals surface area contributed by atoms with Crippen molar-refractivity contribution in [2.75, 3.05) is 0 Å². The molecular weight excluding hydrogens is 234 g/mol. The zero-order valence-electron chi connectivity index (χ0n) is 11.5. The van der Waals surface area contributed by atoms with Crippen LogP contribution in [0.1, 0.15) is 41.5 Å². The van der Waals surface area contributed by atoms with E-state index in [9.17, 15) is 5.11 Å². The highest BCUT2D eigenvalue weighted by Crippen LogP contribution is 2.32. The van der Waals surface area contributed by atoms with Crippen LogP contribution in [0.3, 0.4) is 0 Å². The van der Waals surface area contributed by atoms with Crippen molar-refractivity contribution in [2.45, 2.75) is 45.3 Å². The van der Waals surface area contributed by atoms with Gasteiger partial charge in [-0.1, -0.05) is 30.3 Å². The van der Waals surface area contributed by atoms with E-state index in [2.05, 4.69) is 47.9 Å². The molecule has 0 fully saturated rings. The van der Waals surface area contributed by atoms with Crippen molar-refractivity contribution < 1.29 is 5.11 Å². The third-order valence-corrected chi connectivity index (χ3v) is 4.17. The van der Waals surface area contributed by atoms with Gasteiger partial charge in [-0.2, -0.15) is 0 Å². The minimum absolute atomic E-state index is 0.250. The highest BCUT2D eigenvalue weighted by molar-refractivity contribution is 5.32. The van der Waals surface area contributed by atoms with E-state index in [-0.39, 0.29) is 6.10 Å². The minimum Gasteiger partial charge on any atom is -0.388 e. The second-order valence-electron chi connectivity index (χ2n) is 5.48. The Hall–Kier alpha value is -1.54. The molecule has 19 heavy (non-hydrogen) atoms. The fraction of sp³-hybridized carbons (Fsp3) is 0.412. The quantitative estimate of drug-likeness (QED) is 0.893. The molecule has 1 aromatic carbocycles. The van der Waals surface area contributed by atoms with Crippen LogP contribution in [0.25, 0.3) is 0 Å². The first-order valence-electron chi connectivity index (χ1n) is 7.16. The molecule has 0 amide bonds. The predicted octanol–water partition coefficient (Wildman–Crippen LogP) is 3.41. The number of hydrogen-bond donors (Lipinski definition) is 1. The van der Waals surface area contributed by atoms with Crippen LogP contribution < -0.4 is 0 Å². The Balaban J connectivity index is 1.81. The molecule has 0 saturated carbocycles. The molecule has 1 aromatic heterocycles. The van der Waals surface area contributed by atoms with Gasteiger partial charge in [0.05, 0.1) is 6.10 Å². The highest BCUT2D eigenvalue weighted by atomic mass is 16.3. The van der Waals surface area contributed by atoms with Crippen LogP contribution in [-0.4, -0.2) is 9.67 Å². The van der Waals surface area contributed by atoms with Crippen molar-refractivity contribution in [2.24, 2.45) is 0 Å². The second-order valence-corrected chi connectivity index (χ2v) is 5.48. The molecule has 0 saturated heterocycles. The second kappa shape index (κ2) is 5.22. The summed E-state index contributed by atoms with van der Waals surface area (Å²) >= 11 is 0. The number of aliphatic hydroxyl groups is 1. The van der Waals surface area contributed by atoms with Gasteiger partial charge in [0.2, 0.25) is 0 Å². The van der Waals surface area contributed by atoms with Crippen molar-refractivity contribution in [3.8, 4) is 0 Å². The average molecular weight is 255 g/mol. The monoisotopic (exact) mass is 255 g/mol. The van der Waals surface area contributed by atoms with Crippen LogP contribution in [0.2, 0.25) is 0 Å². The summed E-state index contributed by atoms with van der Waals surface area (Å²) in [7, 11) is 0. The fourth-order valence-corrected chi connectivity index (χ4v) is 3.14. The molecule has 0 spiro atoms. The van der Waals surface area contributed by atoms with Gasteiger partial charge < -0.3 is 9.67 Å². The molecule has 0 aliphatic heterocycles. The largest absolute Gasteiger partial charge is 0.388 e. The van der Waals surface area contributed by atoms with E-state index in [0.717, 1.165) is 37.8 Å². The molecule has 2 aromatic rings. The Morgan fingerprint density at radius 3 is 2.84 bits per heavy atom. The van der Waals surface area contributed by atoms with Gasteiger partial charge in [-0.25, -0.2) is 0 Å². The molecule has 1 unspecified atom stereocenters. The molecule has 1 heterocycles. The smallest absolute Gasteiger partial charge is 0.0807 e. The van der Waals surface area contributed by atoms with Crippen LogP contribution in [0.4, 0.5) is 0 Å². The number of aromatic nitrogens is 1. The first kappa shape index (κ1) is 12.5. The van der Waals surface area contributed by atoms with Gasteiger partial charge in [-0.05, 0) is 44.2 Å². The van der Waals surface area contributed by atoms with Gasteiger partial charge in [-0.15, -0.1) is 0 Å². The molecular formula is C17H21NO. The summed E-state index contributed by atoms with van der Waals surface area (Å²) in [6.07, 6.45) is 3.92. The van der Waals surface area contributed by atoms with E-state index in [1.165, 1.54) is 17.0 Å². The molecule has 100 valence electrons. The van der Waals surface area contributed by atoms with Crippen LogP contribution in [-0.2, 0) is 19.4 Å². The molecule has 1 atom stereocenters. The van der Waals surface area contributed by atoms with Crippen molar-refractivity contribution in [3.63, 3.8) is 0 Å².